The van der Waals surface area contributed by atoms with E-state index in [9.17, 15) is 5.11 Å². The van der Waals surface area contributed by atoms with Crippen molar-refractivity contribution in [3.63, 3.8) is 0 Å². The van der Waals surface area contributed by atoms with Gasteiger partial charge in [0.25, 0.3) is 0 Å². The Morgan fingerprint density at radius 2 is 1.67 bits per heavy atom. The van der Waals surface area contributed by atoms with E-state index < -0.39 is 5.60 Å². The van der Waals surface area contributed by atoms with E-state index in [4.69, 9.17) is 0 Å². The number of hydrogen-bond donors (Lipinski definition) is 1. The highest BCUT2D eigenvalue weighted by atomic mass is 127. The number of rotatable bonds is 1. The molecule has 0 amide bonds. The minimum Gasteiger partial charge on any atom is -1.00 e. The SMILES string of the molecule is C[N+](C)(C)CC#CC1(O)CCCCC1.[I-]. The molecule has 1 aliphatic carbocycles. The maximum absolute atomic E-state index is 10.1. The van der Waals surface area contributed by atoms with Gasteiger partial charge in [0, 0.05) is 0 Å². The Morgan fingerprint density at radius 3 is 2.13 bits per heavy atom. The quantitative estimate of drug-likeness (QED) is 0.350. The van der Waals surface area contributed by atoms with Gasteiger partial charge >= 0.3 is 0 Å². The molecular formula is C12H22INO. The first kappa shape index (κ1) is 15.2. The number of aliphatic hydroxyl groups is 1. The summed E-state index contributed by atoms with van der Waals surface area (Å²) in [7, 11) is 6.33. The highest BCUT2D eigenvalue weighted by Gasteiger charge is 2.26. The summed E-state index contributed by atoms with van der Waals surface area (Å²) in [6.07, 6.45) is 5.21. The van der Waals surface area contributed by atoms with Crippen LogP contribution in [0.5, 0.6) is 0 Å². The van der Waals surface area contributed by atoms with Crippen molar-refractivity contribution in [2.75, 3.05) is 27.7 Å². The predicted octanol–water partition coefficient (Wildman–Crippen LogP) is -1.60. The lowest BCUT2D eigenvalue weighted by molar-refractivity contribution is -0.862. The van der Waals surface area contributed by atoms with Gasteiger partial charge in [-0.1, -0.05) is 12.3 Å². The predicted molar refractivity (Wildman–Crippen MR) is 58.7 cm³/mol. The minimum absolute atomic E-state index is 0. The third-order valence-electron chi connectivity index (χ3n) is 2.56. The topological polar surface area (TPSA) is 20.2 Å². The van der Waals surface area contributed by atoms with Crippen LogP contribution in [-0.2, 0) is 0 Å². The molecule has 0 saturated heterocycles. The van der Waals surface area contributed by atoms with Crippen molar-refractivity contribution in [1.29, 1.82) is 0 Å². The van der Waals surface area contributed by atoms with Gasteiger partial charge in [0.15, 0.2) is 0 Å². The van der Waals surface area contributed by atoms with Crippen LogP contribution in [0.15, 0.2) is 0 Å². The van der Waals surface area contributed by atoms with Crippen molar-refractivity contribution in [2.45, 2.75) is 37.7 Å². The summed E-state index contributed by atoms with van der Waals surface area (Å²) in [5.41, 5.74) is -0.673. The van der Waals surface area contributed by atoms with Crippen LogP contribution >= 0.6 is 0 Å². The maximum atomic E-state index is 10.1. The van der Waals surface area contributed by atoms with E-state index in [0.29, 0.717) is 0 Å². The molecule has 0 unspecified atom stereocenters. The molecule has 0 aromatic rings. The second-order valence-corrected chi connectivity index (χ2v) is 5.34. The van der Waals surface area contributed by atoms with Crippen LogP contribution < -0.4 is 24.0 Å². The van der Waals surface area contributed by atoms with Gasteiger partial charge in [0.05, 0.1) is 21.1 Å². The average Bonchev–Trinajstić information content (AvgIpc) is 2.02. The van der Waals surface area contributed by atoms with Gasteiger partial charge in [0.2, 0.25) is 0 Å². The van der Waals surface area contributed by atoms with Crippen molar-refractivity contribution >= 4 is 0 Å². The van der Waals surface area contributed by atoms with Crippen LogP contribution in [0.1, 0.15) is 32.1 Å². The lowest BCUT2D eigenvalue weighted by Gasteiger charge is -2.27. The van der Waals surface area contributed by atoms with Crippen molar-refractivity contribution in [3.05, 3.63) is 0 Å². The van der Waals surface area contributed by atoms with Gasteiger partial charge in [-0.3, -0.25) is 0 Å². The zero-order valence-electron chi connectivity index (χ0n) is 10.0. The Hall–Kier alpha value is 0.210. The first-order chi connectivity index (χ1) is 6.41. The molecule has 0 heterocycles. The van der Waals surface area contributed by atoms with Crippen molar-refractivity contribution in [2.24, 2.45) is 0 Å². The van der Waals surface area contributed by atoms with E-state index in [1.807, 2.05) is 0 Å². The fourth-order valence-corrected chi connectivity index (χ4v) is 1.70. The van der Waals surface area contributed by atoms with Crippen LogP contribution in [0.3, 0.4) is 0 Å². The Balaban J connectivity index is 0.00000196. The molecular weight excluding hydrogens is 301 g/mol. The van der Waals surface area contributed by atoms with E-state index in [0.717, 1.165) is 36.7 Å². The van der Waals surface area contributed by atoms with Gasteiger partial charge in [0.1, 0.15) is 12.1 Å². The molecule has 0 bridgehead atoms. The number of hydrogen-bond acceptors (Lipinski definition) is 1. The maximum Gasteiger partial charge on any atom is 0.140 e. The second-order valence-electron chi connectivity index (χ2n) is 5.34. The molecule has 0 atom stereocenters. The van der Waals surface area contributed by atoms with Gasteiger partial charge in [-0.2, -0.15) is 0 Å². The Morgan fingerprint density at radius 1 is 1.13 bits per heavy atom. The summed E-state index contributed by atoms with van der Waals surface area (Å²) in [6, 6.07) is 0. The summed E-state index contributed by atoms with van der Waals surface area (Å²) < 4.78 is 0.836. The molecule has 2 nitrogen and oxygen atoms in total. The molecule has 1 aliphatic rings. The van der Waals surface area contributed by atoms with Crippen LogP contribution in [0.2, 0.25) is 0 Å². The van der Waals surface area contributed by atoms with Crippen molar-refractivity contribution in [1.82, 2.24) is 0 Å². The average molecular weight is 323 g/mol. The summed E-state index contributed by atoms with van der Waals surface area (Å²) in [4.78, 5) is 0. The molecule has 0 spiro atoms. The number of nitrogens with zero attached hydrogens (tertiary/aromatic N) is 1. The van der Waals surface area contributed by atoms with Crippen molar-refractivity contribution < 1.29 is 33.6 Å². The van der Waals surface area contributed by atoms with E-state index in [1.165, 1.54) is 6.42 Å². The molecule has 88 valence electrons. The van der Waals surface area contributed by atoms with E-state index in [1.54, 1.807) is 0 Å². The van der Waals surface area contributed by atoms with Gasteiger partial charge in [-0.05, 0) is 31.6 Å². The van der Waals surface area contributed by atoms with Crippen molar-refractivity contribution in [3.8, 4) is 11.8 Å². The monoisotopic (exact) mass is 323 g/mol. The molecule has 0 aliphatic heterocycles. The molecule has 1 saturated carbocycles. The van der Waals surface area contributed by atoms with Crippen LogP contribution in [0.25, 0.3) is 0 Å². The summed E-state index contributed by atoms with van der Waals surface area (Å²) in [5.74, 6) is 6.15. The summed E-state index contributed by atoms with van der Waals surface area (Å²) in [6.45, 7) is 0.808. The Labute approximate surface area is 111 Å². The standard InChI is InChI=1S/C12H22NO.HI/c1-13(2,3)11-7-10-12(14)8-5-4-6-9-12;/h14H,4-6,8-9,11H2,1-3H3;1H/q+1;/p-1. The molecule has 1 N–H and O–H groups in total. The molecule has 1 rings (SSSR count). The smallest absolute Gasteiger partial charge is 0.140 e. The third kappa shape index (κ3) is 6.39. The fourth-order valence-electron chi connectivity index (χ4n) is 1.70. The van der Waals surface area contributed by atoms with Gasteiger partial charge < -0.3 is 33.6 Å². The normalized spacial score (nSPS) is 19.7. The Kier molecular flexibility index (Phi) is 6.16. The Bertz CT molecular complexity index is 241. The lowest BCUT2D eigenvalue weighted by Crippen LogP contribution is -3.00. The summed E-state index contributed by atoms with van der Waals surface area (Å²) in [5, 5.41) is 10.1. The van der Waals surface area contributed by atoms with Crippen LogP contribution in [0, 0.1) is 11.8 Å². The molecule has 0 aromatic heterocycles. The molecule has 15 heavy (non-hydrogen) atoms. The molecule has 0 aromatic carbocycles. The van der Waals surface area contributed by atoms with Crippen LogP contribution in [0.4, 0.5) is 0 Å². The minimum atomic E-state index is -0.673. The number of halogens is 1. The zero-order chi connectivity index (χ0) is 10.7. The van der Waals surface area contributed by atoms with E-state index >= 15 is 0 Å². The largest absolute Gasteiger partial charge is 1.00 e. The highest BCUT2D eigenvalue weighted by Crippen LogP contribution is 2.26. The van der Waals surface area contributed by atoms with Crippen LogP contribution in [-0.4, -0.2) is 42.9 Å². The zero-order valence-corrected chi connectivity index (χ0v) is 12.2. The first-order valence-corrected chi connectivity index (χ1v) is 5.44. The second kappa shape index (κ2) is 6.07. The summed E-state index contributed by atoms with van der Waals surface area (Å²) >= 11 is 0. The van der Waals surface area contributed by atoms with E-state index in [-0.39, 0.29) is 24.0 Å². The fraction of sp³-hybridized carbons (Fsp3) is 0.833. The van der Waals surface area contributed by atoms with Gasteiger partial charge in [-0.15, -0.1) is 0 Å². The van der Waals surface area contributed by atoms with Gasteiger partial charge in [-0.25, -0.2) is 0 Å². The lowest BCUT2D eigenvalue weighted by atomic mass is 9.85. The van der Waals surface area contributed by atoms with E-state index in [2.05, 4.69) is 33.0 Å². The molecule has 3 heteroatoms. The number of quaternary nitrogens is 1. The molecule has 1 fully saturated rings. The highest BCUT2D eigenvalue weighted by molar-refractivity contribution is 5.14. The third-order valence-corrected chi connectivity index (χ3v) is 2.56. The molecule has 0 radical (unpaired) electrons. The first-order valence-electron chi connectivity index (χ1n) is 5.44.